The van der Waals surface area contributed by atoms with Gasteiger partial charge in [-0.1, -0.05) is 6.07 Å². The standard InChI is InChI=1S/C17H18N2O2/c1-11-14-9-17(21-3)16(20-2)8-13(14)7-15(19-11)12-5-4-6-18-10-12/h4-6,8-10,15H,7H2,1-3H3. The third-order valence-electron chi connectivity index (χ3n) is 3.83. The number of hydrogen-bond acceptors (Lipinski definition) is 4. The van der Waals surface area contributed by atoms with Gasteiger partial charge < -0.3 is 9.47 Å². The molecule has 3 rings (SSSR count). The zero-order valence-corrected chi connectivity index (χ0v) is 12.5. The Labute approximate surface area is 124 Å². The van der Waals surface area contributed by atoms with Crippen molar-refractivity contribution in [3.63, 3.8) is 0 Å². The van der Waals surface area contributed by atoms with Crippen LogP contribution in [-0.2, 0) is 6.42 Å². The highest BCUT2D eigenvalue weighted by Crippen LogP contribution is 2.36. The van der Waals surface area contributed by atoms with Crippen LogP contribution in [0.25, 0.3) is 0 Å². The Morgan fingerprint density at radius 2 is 1.90 bits per heavy atom. The normalized spacial score (nSPS) is 16.9. The summed E-state index contributed by atoms with van der Waals surface area (Å²) < 4.78 is 10.8. The number of ether oxygens (including phenoxy) is 2. The number of nitrogens with zero attached hydrogens (tertiary/aromatic N) is 2. The van der Waals surface area contributed by atoms with Crippen LogP contribution in [-0.4, -0.2) is 24.9 Å². The Bertz CT molecular complexity index is 681. The molecule has 1 unspecified atom stereocenters. The van der Waals surface area contributed by atoms with E-state index in [0.29, 0.717) is 0 Å². The van der Waals surface area contributed by atoms with Crippen molar-refractivity contribution in [2.45, 2.75) is 19.4 Å². The topological polar surface area (TPSA) is 43.7 Å². The zero-order chi connectivity index (χ0) is 14.8. The molecule has 1 aliphatic heterocycles. The van der Waals surface area contributed by atoms with E-state index in [1.807, 2.05) is 25.3 Å². The number of rotatable bonds is 3. The second kappa shape index (κ2) is 5.56. The predicted octanol–water partition coefficient (Wildman–Crippen LogP) is 3.21. The number of pyridine rings is 1. The van der Waals surface area contributed by atoms with Crippen LogP contribution in [0.15, 0.2) is 41.7 Å². The SMILES string of the molecule is COc1cc2c(cc1OC)C(C)=NC(c1cccnc1)C2. The molecule has 1 aromatic carbocycles. The van der Waals surface area contributed by atoms with E-state index < -0.39 is 0 Å². The smallest absolute Gasteiger partial charge is 0.161 e. The molecule has 1 aromatic heterocycles. The van der Waals surface area contributed by atoms with E-state index >= 15 is 0 Å². The highest BCUT2D eigenvalue weighted by molar-refractivity contribution is 6.01. The Kier molecular flexibility index (Phi) is 3.60. The highest BCUT2D eigenvalue weighted by atomic mass is 16.5. The molecule has 1 atom stereocenters. The van der Waals surface area contributed by atoms with Crippen molar-refractivity contribution >= 4 is 5.71 Å². The Hall–Kier alpha value is -2.36. The lowest BCUT2D eigenvalue weighted by atomic mass is 9.91. The molecular weight excluding hydrogens is 264 g/mol. The van der Waals surface area contributed by atoms with Gasteiger partial charge in [0.1, 0.15) is 0 Å². The predicted molar refractivity (Wildman–Crippen MR) is 82.4 cm³/mol. The van der Waals surface area contributed by atoms with Crippen LogP contribution < -0.4 is 9.47 Å². The Balaban J connectivity index is 2.03. The summed E-state index contributed by atoms with van der Waals surface area (Å²) >= 11 is 0. The molecule has 0 radical (unpaired) electrons. The number of benzene rings is 1. The zero-order valence-electron chi connectivity index (χ0n) is 12.5. The monoisotopic (exact) mass is 282 g/mol. The fourth-order valence-electron chi connectivity index (χ4n) is 2.75. The van der Waals surface area contributed by atoms with E-state index in [-0.39, 0.29) is 6.04 Å². The summed E-state index contributed by atoms with van der Waals surface area (Å²) in [6, 6.07) is 8.19. The molecule has 2 aromatic rings. The highest BCUT2D eigenvalue weighted by Gasteiger charge is 2.22. The van der Waals surface area contributed by atoms with Gasteiger partial charge in [-0.3, -0.25) is 9.98 Å². The summed E-state index contributed by atoms with van der Waals surface area (Å²) in [6.45, 7) is 2.03. The van der Waals surface area contributed by atoms with Crippen molar-refractivity contribution in [1.82, 2.24) is 4.98 Å². The average molecular weight is 282 g/mol. The van der Waals surface area contributed by atoms with Crippen LogP contribution in [0.5, 0.6) is 11.5 Å². The summed E-state index contributed by atoms with van der Waals surface area (Å²) in [5.74, 6) is 1.50. The van der Waals surface area contributed by atoms with Gasteiger partial charge in [-0.25, -0.2) is 0 Å². The molecule has 0 saturated carbocycles. The third-order valence-corrected chi connectivity index (χ3v) is 3.83. The Morgan fingerprint density at radius 3 is 2.57 bits per heavy atom. The molecular formula is C17H18N2O2. The quantitative estimate of drug-likeness (QED) is 0.868. The van der Waals surface area contributed by atoms with E-state index in [9.17, 15) is 0 Å². The minimum atomic E-state index is 0.115. The summed E-state index contributed by atoms with van der Waals surface area (Å²) in [5.41, 5.74) is 4.52. The van der Waals surface area contributed by atoms with Crippen molar-refractivity contribution in [2.24, 2.45) is 4.99 Å². The molecule has 21 heavy (non-hydrogen) atoms. The van der Waals surface area contributed by atoms with Crippen molar-refractivity contribution in [1.29, 1.82) is 0 Å². The second-order valence-corrected chi connectivity index (χ2v) is 5.09. The van der Waals surface area contributed by atoms with Gasteiger partial charge in [-0.2, -0.15) is 0 Å². The minimum absolute atomic E-state index is 0.115. The van der Waals surface area contributed by atoms with Gasteiger partial charge in [0.2, 0.25) is 0 Å². The molecule has 0 saturated heterocycles. The molecule has 4 heteroatoms. The van der Waals surface area contributed by atoms with Crippen LogP contribution in [0, 0.1) is 0 Å². The molecule has 0 spiro atoms. The van der Waals surface area contributed by atoms with E-state index in [0.717, 1.165) is 34.8 Å². The van der Waals surface area contributed by atoms with Crippen LogP contribution in [0.4, 0.5) is 0 Å². The molecule has 1 aliphatic rings. The van der Waals surface area contributed by atoms with Gasteiger partial charge in [0.05, 0.1) is 20.3 Å². The van der Waals surface area contributed by atoms with Crippen LogP contribution in [0.3, 0.4) is 0 Å². The Morgan fingerprint density at radius 1 is 1.14 bits per heavy atom. The first-order valence-electron chi connectivity index (χ1n) is 6.92. The summed E-state index contributed by atoms with van der Waals surface area (Å²) in [4.78, 5) is 8.99. The van der Waals surface area contributed by atoms with E-state index in [4.69, 9.17) is 14.5 Å². The molecule has 4 nitrogen and oxygen atoms in total. The van der Waals surface area contributed by atoms with Crippen LogP contribution >= 0.6 is 0 Å². The molecule has 2 heterocycles. The van der Waals surface area contributed by atoms with Gasteiger partial charge in [-0.15, -0.1) is 0 Å². The summed E-state index contributed by atoms with van der Waals surface area (Å²) in [7, 11) is 3.31. The van der Waals surface area contributed by atoms with Crippen molar-refractivity contribution in [3.8, 4) is 11.5 Å². The summed E-state index contributed by atoms with van der Waals surface area (Å²) in [6.07, 6.45) is 4.51. The van der Waals surface area contributed by atoms with Crippen molar-refractivity contribution in [3.05, 3.63) is 53.3 Å². The first-order valence-corrected chi connectivity index (χ1v) is 6.92. The number of aliphatic imine (C=N–C) groups is 1. The van der Waals surface area contributed by atoms with Gasteiger partial charge >= 0.3 is 0 Å². The fraction of sp³-hybridized carbons (Fsp3) is 0.294. The second-order valence-electron chi connectivity index (χ2n) is 5.09. The van der Waals surface area contributed by atoms with E-state index in [2.05, 4.69) is 17.1 Å². The van der Waals surface area contributed by atoms with Gasteiger partial charge in [0.15, 0.2) is 11.5 Å². The van der Waals surface area contributed by atoms with Crippen LogP contribution in [0.1, 0.15) is 29.7 Å². The average Bonchev–Trinajstić information content (AvgIpc) is 2.54. The maximum Gasteiger partial charge on any atom is 0.161 e. The molecule has 0 amide bonds. The molecule has 0 bridgehead atoms. The molecule has 0 N–H and O–H groups in total. The lowest BCUT2D eigenvalue weighted by Crippen LogP contribution is -2.14. The lowest BCUT2D eigenvalue weighted by Gasteiger charge is -2.23. The number of hydrogen-bond donors (Lipinski definition) is 0. The maximum atomic E-state index is 5.40. The minimum Gasteiger partial charge on any atom is -0.493 e. The molecule has 0 fully saturated rings. The van der Waals surface area contributed by atoms with Crippen molar-refractivity contribution in [2.75, 3.05) is 14.2 Å². The lowest BCUT2D eigenvalue weighted by molar-refractivity contribution is 0.354. The summed E-state index contributed by atoms with van der Waals surface area (Å²) in [5, 5.41) is 0. The first kappa shape index (κ1) is 13.6. The van der Waals surface area contributed by atoms with E-state index in [1.165, 1.54) is 5.56 Å². The van der Waals surface area contributed by atoms with Gasteiger partial charge in [-0.05, 0) is 42.7 Å². The van der Waals surface area contributed by atoms with E-state index in [1.54, 1.807) is 20.4 Å². The van der Waals surface area contributed by atoms with Crippen LogP contribution in [0.2, 0.25) is 0 Å². The van der Waals surface area contributed by atoms with Gasteiger partial charge in [0, 0.05) is 23.7 Å². The van der Waals surface area contributed by atoms with Gasteiger partial charge in [0.25, 0.3) is 0 Å². The molecule has 108 valence electrons. The maximum absolute atomic E-state index is 5.40. The number of aromatic nitrogens is 1. The number of fused-ring (bicyclic) bond motifs is 1. The largest absolute Gasteiger partial charge is 0.493 e. The van der Waals surface area contributed by atoms with Crippen molar-refractivity contribution < 1.29 is 9.47 Å². The first-order chi connectivity index (χ1) is 10.2. The number of methoxy groups -OCH3 is 2. The molecule has 0 aliphatic carbocycles. The fourth-order valence-corrected chi connectivity index (χ4v) is 2.75. The third kappa shape index (κ3) is 2.49.